The van der Waals surface area contributed by atoms with Crippen LogP contribution in [0.4, 0.5) is 0 Å². The molecule has 3 rings (SSSR count). The molecule has 25 heavy (non-hydrogen) atoms. The van der Waals surface area contributed by atoms with E-state index in [1.165, 1.54) is 11.3 Å². The molecule has 0 aliphatic carbocycles. The third-order valence-electron chi connectivity index (χ3n) is 4.12. The summed E-state index contributed by atoms with van der Waals surface area (Å²) in [5.41, 5.74) is 7.42. The topological polar surface area (TPSA) is 68.5 Å². The molecule has 1 aliphatic heterocycles. The summed E-state index contributed by atoms with van der Waals surface area (Å²) in [6, 6.07) is 8.07. The average molecular weight is 382 g/mol. The van der Waals surface area contributed by atoms with Gasteiger partial charge in [0.05, 0.1) is 6.61 Å². The standard InChI is InChI=1S/C18H23N3O2S.ClH/c1-2-11-23-15-5-3-13(4-6-15)17-20-16(12-24-17)18(22)21-9-7-14(19)8-10-21;/h3-6,12,14H,2,7-11,19H2,1H3;1H. The number of thiazole rings is 1. The van der Waals surface area contributed by atoms with Gasteiger partial charge in [0.1, 0.15) is 16.5 Å². The quantitative estimate of drug-likeness (QED) is 0.859. The van der Waals surface area contributed by atoms with Crippen molar-refractivity contribution in [1.82, 2.24) is 9.88 Å². The Morgan fingerprint density at radius 1 is 1.32 bits per heavy atom. The number of hydrogen-bond acceptors (Lipinski definition) is 5. The molecule has 1 aliphatic rings. The maximum atomic E-state index is 12.5. The van der Waals surface area contributed by atoms with E-state index in [2.05, 4.69) is 11.9 Å². The zero-order valence-corrected chi connectivity index (χ0v) is 15.9. The van der Waals surface area contributed by atoms with E-state index in [4.69, 9.17) is 10.5 Å². The van der Waals surface area contributed by atoms with Crippen molar-refractivity contribution in [2.75, 3.05) is 19.7 Å². The summed E-state index contributed by atoms with van der Waals surface area (Å²) in [6.45, 7) is 4.24. The number of halogens is 1. The minimum Gasteiger partial charge on any atom is -0.494 e. The number of nitrogens with two attached hydrogens (primary N) is 1. The molecule has 1 fully saturated rings. The highest BCUT2D eigenvalue weighted by Crippen LogP contribution is 2.26. The molecule has 0 saturated carbocycles. The Kier molecular flexibility index (Phi) is 7.23. The predicted octanol–water partition coefficient (Wildman–Crippen LogP) is 3.58. The fourth-order valence-corrected chi connectivity index (χ4v) is 3.48. The van der Waals surface area contributed by atoms with Gasteiger partial charge in [-0.15, -0.1) is 23.7 Å². The maximum Gasteiger partial charge on any atom is 0.273 e. The molecule has 0 unspecified atom stereocenters. The Bertz CT molecular complexity index is 682. The Hall–Kier alpha value is -1.63. The fraction of sp³-hybridized carbons (Fsp3) is 0.444. The highest BCUT2D eigenvalue weighted by Gasteiger charge is 2.23. The molecule has 0 radical (unpaired) electrons. The van der Waals surface area contributed by atoms with Gasteiger partial charge in [-0.05, 0) is 43.5 Å². The number of amides is 1. The van der Waals surface area contributed by atoms with E-state index in [-0.39, 0.29) is 24.4 Å². The lowest BCUT2D eigenvalue weighted by atomic mass is 10.1. The Morgan fingerprint density at radius 2 is 2.00 bits per heavy atom. The van der Waals surface area contributed by atoms with Crippen molar-refractivity contribution in [2.45, 2.75) is 32.2 Å². The number of carbonyl (C=O) groups excluding carboxylic acids is 1. The van der Waals surface area contributed by atoms with Crippen molar-refractivity contribution in [3.8, 4) is 16.3 Å². The van der Waals surface area contributed by atoms with Gasteiger partial charge in [-0.3, -0.25) is 4.79 Å². The molecule has 2 heterocycles. The van der Waals surface area contributed by atoms with Gasteiger partial charge >= 0.3 is 0 Å². The first kappa shape index (κ1) is 19.7. The second-order valence-corrected chi connectivity index (χ2v) is 6.90. The molecular weight excluding hydrogens is 358 g/mol. The molecule has 0 spiro atoms. The summed E-state index contributed by atoms with van der Waals surface area (Å²) in [5.74, 6) is 0.866. The number of rotatable bonds is 5. The summed E-state index contributed by atoms with van der Waals surface area (Å²) in [6.07, 6.45) is 2.71. The van der Waals surface area contributed by atoms with Crippen LogP contribution in [0.1, 0.15) is 36.7 Å². The van der Waals surface area contributed by atoms with Crippen LogP contribution in [0.3, 0.4) is 0 Å². The summed E-state index contributed by atoms with van der Waals surface area (Å²) in [4.78, 5) is 18.9. The van der Waals surface area contributed by atoms with Crippen molar-refractivity contribution in [1.29, 1.82) is 0 Å². The monoisotopic (exact) mass is 381 g/mol. The smallest absolute Gasteiger partial charge is 0.273 e. The van der Waals surface area contributed by atoms with Gasteiger partial charge in [-0.1, -0.05) is 6.92 Å². The molecule has 1 amide bonds. The van der Waals surface area contributed by atoms with Crippen LogP contribution in [-0.2, 0) is 0 Å². The minimum atomic E-state index is 0. The van der Waals surface area contributed by atoms with Crippen LogP contribution in [-0.4, -0.2) is 41.5 Å². The van der Waals surface area contributed by atoms with Gasteiger partial charge < -0.3 is 15.4 Å². The van der Waals surface area contributed by atoms with E-state index in [0.717, 1.165) is 55.3 Å². The summed E-state index contributed by atoms with van der Waals surface area (Å²) in [7, 11) is 0. The van der Waals surface area contributed by atoms with E-state index < -0.39 is 0 Å². The molecule has 136 valence electrons. The lowest BCUT2D eigenvalue weighted by Gasteiger charge is -2.29. The van der Waals surface area contributed by atoms with Gasteiger partial charge in [-0.25, -0.2) is 4.98 Å². The molecular formula is C18H24ClN3O2S. The van der Waals surface area contributed by atoms with E-state index in [9.17, 15) is 4.79 Å². The van der Waals surface area contributed by atoms with Crippen LogP contribution in [0, 0.1) is 0 Å². The largest absolute Gasteiger partial charge is 0.494 e. The van der Waals surface area contributed by atoms with E-state index >= 15 is 0 Å². The second-order valence-electron chi connectivity index (χ2n) is 6.04. The van der Waals surface area contributed by atoms with Crippen LogP contribution in [0.15, 0.2) is 29.6 Å². The SMILES string of the molecule is CCCOc1ccc(-c2nc(C(=O)N3CCC(N)CC3)cs2)cc1.Cl. The number of likely N-dealkylation sites (tertiary alicyclic amines) is 1. The molecule has 2 aromatic rings. The average Bonchev–Trinajstić information content (AvgIpc) is 3.10. The van der Waals surface area contributed by atoms with E-state index in [1.807, 2.05) is 34.5 Å². The van der Waals surface area contributed by atoms with Gasteiger partial charge in [0, 0.05) is 30.1 Å². The minimum absolute atomic E-state index is 0. The third kappa shape index (κ3) is 4.93. The van der Waals surface area contributed by atoms with Crippen molar-refractivity contribution >= 4 is 29.7 Å². The lowest BCUT2D eigenvalue weighted by Crippen LogP contribution is -2.42. The zero-order chi connectivity index (χ0) is 16.9. The summed E-state index contributed by atoms with van der Waals surface area (Å²) < 4.78 is 5.59. The molecule has 2 N–H and O–H groups in total. The molecule has 1 aromatic heterocycles. The Labute approximate surface area is 158 Å². The maximum absolute atomic E-state index is 12.5. The fourth-order valence-electron chi connectivity index (χ4n) is 2.68. The van der Waals surface area contributed by atoms with Crippen molar-refractivity contribution in [2.24, 2.45) is 5.73 Å². The zero-order valence-electron chi connectivity index (χ0n) is 14.3. The number of hydrogen-bond donors (Lipinski definition) is 1. The molecule has 0 bridgehead atoms. The van der Waals surface area contributed by atoms with Crippen molar-refractivity contribution < 1.29 is 9.53 Å². The van der Waals surface area contributed by atoms with E-state index in [0.29, 0.717) is 5.69 Å². The highest BCUT2D eigenvalue weighted by atomic mass is 35.5. The summed E-state index contributed by atoms with van der Waals surface area (Å²) >= 11 is 1.50. The first-order chi connectivity index (χ1) is 11.7. The van der Waals surface area contributed by atoms with Crippen LogP contribution in [0.5, 0.6) is 5.75 Å². The van der Waals surface area contributed by atoms with Crippen LogP contribution in [0.2, 0.25) is 0 Å². The number of ether oxygens (including phenoxy) is 1. The second kappa shape index (κ2) is 9.17. The van der Waals surface area contributed by atoms with Gasteiger partial charge in [-0.2, -0.15) is 0 Å². The first-order valence-electron chi connectivity index (χ1n) is 8.41. The van der Waals surface area contributed by atoms with Gasteiger partial charge in [0.15, 0.2) is 0 Å². The van der Waals surface area contributed by atoms with Gasteiger partial charge in [0.2, 0.25) is 0 Å². The summed E-state index contributed by atoms with van der Waals surface area (Å²) in [5, 5.41) is 2.70. The highest BCUT2D eigenvalue weighted by molar-refractivity contribution is 7.13. The van der Waals surface area contributed by atoms with Crippen LogP contribution >= 0.6 is 23.7 Å². The lowest BCUT2D eigenvalue weighted by molar-refractivity contribution is 0.0709. The molecule has 1 saturated heterocycles. The van der Waals surface area contributed by atoms with Crippen LogP contribution in [0.25, 0.3) is 10.6 Å². The number of aromatic nitrogens is 1. The third-order valence-corrected chi connectivity index (χ3v) is 5.02. The number of nitrogens with zero attached hydrogens (tertiary/aromatic N) is 2. The van der Waals surface area contributed by atoms with Crippen LogP contribution < -0.4 is 10.5 Å². The molecule has 7 heteroatoms. The molecule has 0 atom stereocenters. The molecule has 1 aromatic carbocycles. The number of carbonyl (C=O) groups is 1. The number of piperidine rings is 1. The predicted molar refractivity (Wildman–Crippen MR) is 104 cm³/mol. The Balaban J connectivity index is 0.00000225. The van der Waals surface area contributed by atoms with Crippen molar-refractivity contribution in [3.63, 3.8) is 0 Å². The Morgan fingerprint density at radius 3 is 2.64 bits per heavy atom. The normalized spacial score (nSPS) is 14.9. The van der Waals surface area contributed by atoms with Crippen molar-refractivity contribution in [3.05, 3.63) is 35.3 Å². The first-order valence-corrected chi connectivity index (χ1v) is 9.29. The van der Waals surface area contributed by atoms with Gasteiger partial charge in [0.25, 0.3) is 5.91 Å². The van der Waals surface area contributed by atoms with E-state index in [1.54, 1.807) is 0 Å². The molecule has 5 nitrogen and oxygen atoms in total. The number of benzene rings is 1.